The number of rotatable bonds is 4. The van der Waals surface area contributed by atoms with Gasteiger partial charge in [-0.3, -0.25) is 9.00 Å². The smallest absolute Gasteiger partial charge is 0.193 e. The van der Waals surface area contributed by atoms with Crippen LogP contribution in [0.25, 0.3) is 0 Å². The molecule has 0 bridgehead atoms. The summed E-state index contributed by atoms with van der Waals surface area (Å²) in [6.45, 7) is 0. The molecule has 0 N–H and O–H groups in total. The van der Waals surface area contributed by atoms with Crippen LogP contribution in [0.5, 0.6) is 0 Å². The normalized spacial score (nSPS) is 13.8. The highest BCUT2D eigenvalue weighted by molar-refractivity contribution is 7.88. The van der Waals surface area contributed by atoms with Crippen molar-refractivity contribution >= 4 is 28.2 Å². The number of carbonyl (C=O) groups excluding carboxylic acids is 1. The van der Waals surface area contributed by atoms with Crippen molar-refractivity contribution in [2.45, 2.75) is 9.60 Å². The Morgan fingerprint density at radius 2 is 1.44 bits per heavy atom. The van der Waals surface area contributed by atoms with E-state index in [9.17, 15) is 9.00 Å². The third-order valence-corrected chi connectivity index (χ3v) is 4.44. The lowest BCUT2D eigenvalue weighted by Crippen LogP contribution is -2.20. The number of hydrogen-bond acceptors (Lipinski definition) is 2. The molecule has 0 aromatic heterocycles. The summed E-state index contributed by atoms with van der Waals surface area (Å²) >= 11 is 6.00. The lowest BCUT2D eigenvalue weighted by Gasteiger charge is -2.08. The number of alkyl halides is 1. The fraction of sp³-hybridized carbons (Fsp3) is 0.0714. The van der Waals surface area contributed by atoms with Crippen LogP contribution >= 0.6 is 11.6 Å². The van der Waals surface area contributed by atoms with Crippen LogP contribution in [0.1, 0.15) is 10.4 Å². The zero-order chi connectivity index (χ0) is 13.0. The van der Waals surface area contributed by atoms with Crippen molar-refractivity contribution in [3.8, 4) is 0 Å². The molecule has 0 aliphatic rings. The Balaban J connectivity index is 2.20. The molecule has 2 aromatic carbocycles. The Kier molecular flexibility index (Phi) is 4.28. The lowest BCUT2D eigenvalue weighted by molar-refractivity contribution is 0.101. The molecule has 0 radical (unpaired) electrons. The monoisotopic (exact) mass is 278 g/mol. The first-order valence-corrected chi connectivity index (χ1v) is 7.04. The van der Waals surface area contributed by atoms with E-state index in [1.165, 1.54) is 0 Å². The molecule has 0 amide bonds. The molecule has 0 fully saturated rings. The van der Waals surface area contributed by atoms with Crippen LogP contribution in [0.15, 0.2) is 65.6 Å². The van der Waals surface area contributed by atoms with Crippen molar-refractivity contribution in [3.05, 3.63) is 66.2 Å². The summed E-state index contributed by atoms with van der Waals surface area (Å²) in [5, 5.41) is 0. The van der Waals surface area contributed by atoms with E-state index in [1.807, 2.05) is 12.1 Å². The van der Waals surface area contributed by atoms with Gasteiger partial charge in [-0.05, 0) is 12.1 Å². The first kappa shape index (κ1) is 13.0. The van der Waals surface area contributed by atoms with E-state index in [-0.39, 0.29) is 5.78 Å². The van der Waals surface area contributed by atoms with E-state index in [4.69, 9.17) is 11.6 Å². The van der Waals surface area contributed by atoms with Gasteiger partial charge in [-0.1, -0.05) is 60.1 Å². The van der Waals surface area contributed by atoms with E-state index < -0.39 is 15.5 Å². The quantitative estimate of drug-likeness (QED) is 0.635. The summed E-state index contributed by atoms with van der Waals surface area (Å²) in [5.41, 5.74) is 0.474. The van der Waals surface area contributed by atoms with Gasteiger partial charge in [0.05, 0.1) is 10.8 Å². The van der Waals surface area contributed by atoms with Gasteiger partial charge in [0, 0.05) is 10.5 Å². The Labute approximate surface area is 113 Å². The minimum Gasteiger partial charge on any atom is -0.291 e. The summed E-state index contributed by atoms with van der Waals surface area (Å²) in [6, 6.07) is 17.4. The number of hydrogen-bond donors (Lipinski definition) is 0. The van der Waals surface area contributed by atoms with Crippen molar-refractivity contribution in [2.24, 2.45) is 0 Å². The predicted molar refractivity (Wildman–Crippen MR) is 73.3 cm³/mol. The second-order valence-corrected chi connectivity index (χ2v) is 5.89. The second kappa shape index (κ2) is 5.94. The Hall–Kier alpha value is -1.45. The maximum atomic E-state index is 12.1. The molecular weight excluding hydrogens is 268 g/mol. The van der Waals surface area contributed by atoms with E-state index in [0.29, 0.717) is 10.5 Å². The number of benzene rings is 2. The van der Waals surface area contributed by atoms with Gasteiger partial charge in [-0.15, -0.1) is 0 Å². The van der Waals surface area contributed by atoms with Crippen LogP contribution in [-0.4, -0.2) is 14.7 Å². The summed E-state index contributed by atoms with van der Waals surface area (Å²) in [6.07, 6.45) is 0. The van der Waals surface area contributed by atoms with Crippen LogP contribution in [0.4, 0.5) is 0 Å². The topological polar surface area (TPSA) is 34.1 Å². The molecule has 0 aliphatic heterocycles. The van der Waals surface area contributed by atoms with E-state index in [0.717, 1.165) is 0 Å². The van der Waals surface area contributed by atoms with Gasteiger partial charge in [0.1, 0.15) is 0 Å². The SMILES string of the molecule is O=C(c1ccccc1)C(Cl)S(=O)c1ccccc1. The third-order valence-electron chi connectivity index (χ3n) is 2.43. The Bertz CT molecular complexity index is 503. The van der Waals surface area contributed by atoms with Crippen molar-refractivity contribution in [3.63, 3.8) is 0 Å². The maximum absolute atomic E-state index is 12.1. The Morgan fingerprint density at radius 3 is 2.00 bits per heavy atom. The second-order valence-electron chi connectivity index (χ2n) is 3.66. The fourth-order valence-corrected chi connectivity index (χ4v) is 2.93. The standard InChI is InChI=1S/C14H11ClO2S/c15-14(13(16)11-7-3-1-4-8-11)18(17)12-9-5-2-6-10-12/h1-10,14H. The molecule has 92 valence electrons. The summed E-state index contributed by atoms with van der Waals surface area (Å²) < 4.78 is 11.1. The molecule has 0 spiro atoms. The highest BCUT2D eigenvalue weighted by Crippen LogP contribution is 2.18. The molecule has 2 nitrogen and oxygen atoms in total. The third kappa shape index (κ3) is 2.86. The maximum Gasteiger partial charge on any atom is 0.193 e. The molecule has 2 rings (SSSR count). The van der Waals surface area contributed by atoms with Gasteiger partial charge in [0.15, 0.2) is 10.5 Å². The van der Waals surface area contributed by atoms with Gasteiger partial charge in [-0.25, -0.2) is 0 Å². The highest BCUT2D eigenvalue weighted by atomic mass is 35.5. The molecule has 0 aliphatic carbocycles. The zero-order valence-corrected chi connectivity index (χ0v) is 11.0. The molecule has 0 heterocycles. The van der Waals surface area contributed by atoms with Crippen LogP contribution in [0.3, 0.4) is 0 Å². The fourth-order valence-electron chi connectivity index (χ4n) is 1.50. The van der Waals surface area contributed by atoms with Gasteiger partial charge in [-0.2, -0.15) is 0 Å². The van der Waals surface area contributed by atoms with Crippen molar-refractivity contribution < 1.29 is 9.00 Å². The largest absolute Gasteiger partial charge is 0.291 e. The first-order valence-electron chi connectivity index (χ1n) is 5.39. The van der Waals surface area contributed by atoms with Gasteiger partial charge < -0.3 is 0 Å². The summed E-state index contributed by atoms with van der Waals surface area (Å²) in [7, 11) is -1.54. The Morgan fingerprint density at radius 1 is 0.944 bits per heavy atom. The van der Waals surface area contributed by atoms with Crippen LogP contribution < -0.4 is 0 Å². The van der Waals surface area contributed by atoms with Gasteiger partial charge >= 0.3 is 0 Å². The van der Waals surface area contributed by atoms with Crippen LogP contribution in [0, 0.1) is 0 Å². The van der Waals surface area contributed by atoms with Crippen molar-refractivity contribution in [1.29, 1.82) is 0 Å². The van der Waals surface area contributed by atoms with Gasteiger partial charge in [0.2, 0.25) is 0 Å². The van der Waals surface area contributed by atoms with E-state index in [2.05, 4.69) is 0 Å². The molecular formula is C14H11ClO2S. The van der Waals surface area contributed by atoms with E-state index >= 15 is 0 Å². The average Bonchev–Trinajstić information content (AvgIpc) is 2.47. The summed E-state index contributed by atoms with van der Waals surface area (Å²) in [4.78, 5) is 12.6. The van der Waals surface area contributed by atoms with E-state index in [1.54, 1.807) is 48.5 Å². The minimum atomic E-state index is -1.54. The molecule has 2 unspecified atom stereocenters. The molecule has 2 aromatic rings. The molecule has 2 atom stereocenters. The number of halogens is 1. The van der Waals surface area contributed by atoms with Crippen LogP contribution in [0.2, 0.25) is 0 Å². The molecule has 4 heteroatoms. The predicted octanol–water partition coefficient (Wildman–Crippen LogP) is 3.24. The molecule has 18 heavy (non-hydrogen) atoms. The zero-order valence-electron chi connectivity index (χ0n) is 9.45. The summed E-state index contributed by atoms with van der Waals surface area (Å²) in [5.74, 6) is -0.320. The number of carbonyl (C=O) groups is 1. The average molecular weight is 279 g/mol. The van der Waals surface area contributed by atoms with Crippen molar-refractivity contribution in [1.82, 2.24) is 0 Å². The number of Topliss-reactive ketones (excluding diaryl/α,β-unsaturated/α-hetero) is 1. The molecule has 0 saturated heterocycles. The van der Waals surface area contributed by atoms with Crippen LogP contribution in [-0.2, 0) is 10.8 Å². The van der Waals surface area contributed by atoms with Crippen molar-refractivity contribution in [2.75, 3.05) is 0 Å². The molecule has 0 saturated carbocycles. The highest BCUT2D eigenvalue weighted by Gasteiger charge is 2.24. The number of ketones is 1. The lowest BCUT2D eigenvalue weighted by atomic mass is 10.1. The van der Waals surface area contributed by atoms with Gasteiger partial charge in [0.25, 0.3) is 0 Å². The minimum absolute atomic E-state index is 0.320. The first-order chi connectivity index (χ1) is 8.70.